The number of amides is 1. The average molecular weight is 250 g/mol. The lowest BCUT2D eigenvalue weighted by molar-refractivity contribution is -0.142. The van der Waals surface area contributed by atoms with E-state index in [-0.39, 0.29) is 0 Å². The second-order valence-electron chi connectivity index (χ2n) is 4.42. The maximum absolute atomic E-state index is 11.3. The molecule has 0 spiro atoms. The van der Waals surface area contributed by atoms with Gasteiger partial charge in [0.1, 0.15) is 5.54 Å². The van der Waals surface area contributed by atoms with Crippen LogP contribution in [0.3, 0.4) is 0 Å². The molecule has 1 unspecified atom stereocenters. The van der Waals surface area contributed by atoms with Crippen LogP contribution in [0.15, 0.2) is 24.3 Å². The first-order valence-electron chi connectivity index (χ1n) is 5.81. The lowest BCUT2D eigenvalue weighted by Crippen LogP contribution is -2.43. The number of nitrogens with one attached hydrogen (secondary N) is 1. The molecule has 0 bridgehead atoms. The molecule has 1 atom stereocenters. The van der Waals surface area contributed by atoms with E-state index >= 15 is 0 Å². The number of rotatable bonds is 6. The number of carboxylic acids is 1. The minimum atomic E-state index is -1.11. The number of carbonyl (C=O) groups is 2. The van der Waals surface area contributed by atoms with Gasteiger partial charge in [-0.15, -0.1) is 0 Å². The molecule has 0 saturated carbocycles. The van der Waals surface area contributed by atoms with E-state index in [4.69, 9.17) is 5.73 Å². The van der Waals surface area contributed by atoms with Crippen LogP contribution in [0.4, 0.5) is 5.69 Å². The summed E-state index contributed by atoms with van der Waals surface area (Å²) in [5, 5.41) is 12.2. The molecule has 1 rings (SSSR count). The van der Waals surface area contributed by atoms with Gasteiger partial charge in [-0.05, 0) is 25.5 Å². The molecule has 0 fully saturated rings. The van der Waals surface area contributed by atoms with E-state index in [2.05, 4.69) is 5.32 Å². The molecule has 0 aromatic heterocycles. The van der Waals surface area contributed by atoms with Gasteiger partial charge in [-0.2, -0.15) is 0 Å². The average Bonchev–Trinajstić information content (AvgIpc) is 2.29. The molecule has 5 heteroatoms. The smallest absolute Gasteiger partial charge is 0.329 e. The highest BCUT2D eigenvalue weighted by atomic mass is 16.4. The van der Waals surface area contributed by atoms with E-state index in [0.29, 0.717) is 24.1 Å². The standard InChI is InChI=1S/C13H18N2O3/c1-3-8-13(2,12(17)18)15-10-7-5-4-6-9(10)11(14)16/h4-7,15H,3,8H2,1-2H3,(H2,14,16)(H,17,18). The third kappa shape index (κ3) is 3.00. The normalized spacial score (nSPS) is 13.7. The molecule has 1 aromatic rings. The Bertz CT molecular complexity index is 459. The zero-order valence-corrected chi connectivity index (χ0v) is 10.6. The summed E-state index contributed by atoms with van der Waals surface area (Å²) < 4.78 is 0. The molecule has 1 amide bonds. The van der Waals surface area contributed by atoms with Crippen LogP contribution in [0.2, 0.25) is 0 Å². The molecule has 0 heterocycles. The molecular weight excluding hydrogens is 232 g/mol. The van der Waals surface area contributed by atoms with Crippen LogP contribution in [0.1, 0.15) is 37.0 Å². The quantitative estimate of drug-likeness (QED) is 0.718. The summed E-state index contributed by atoms with van der Waals surface area (Å²) in [4.78, 5) is 22.6. The molecular formula is C13H18N2O3. The predicted molar refractivity (Wildman–Crippen MR) is 69.5 cm³/mol. The summed E-state index contributed by atoms with van der Waals surface area (Å²) in [6.07, 6.45) is 1.17. The fraction of sp³-hybridized carbons (Fsp3) is 0.385. The van der Waals surface area contributed by atoms with Gasteiger partial charge in [-0.25, -0.2) is 4.79 Å². The Hall–Kier alpha value is -2.04. The minimum Gasteiger partial charge on any atom is -0.480 e. The zero-order valence-electron chi connectivity index (χ0n) is 10.6. The Labute approximate surface area is 106 Å². The molecule has 0 aliphatic carbocycles. The summed E-state index contributed by atoms with van der Waals surface area (Å²) in [6.45, 7) is 3.50. The number of benzene rings is 1. The third-order valence-electron chi connectivity index (χ3n) is 2.83. The Morgan fingerprint density at radius 2 is 2.00 bits per heavy atom. The number of hydrogen-bond donors (Lipinski definition) is 3. The van der Waals surface area contributed by atoms with Crippen molar-refractivity contribution in [2.45, 2.75) is 32.2 Å². The van der Waals surface area contributed by atoms with Crippen molar-refractivity contribution in [2.24, 2.45) is 5.73 Å². The highest BCUT2D eigenvalue weighted by Crippen LogP contribution is 2.23. The van der Waals surface area contributed by atoms with Gasteiger partial charge in [-0.3, -0.25) is 4.79 Å². The molecule has 1 aromatic carbocycles. The zero-order chi connectivity index (χ0) is 13.8. The van der Waals surface area contributed by atoms with Crippen LogP contribution in [-0.2, 0) is 4.79 Å². The van der Waals surface area contributed by atoms with Crippen LogP contribution in [0.25, 0.3) is 0 Å². The maximum atomic E-state index is 11.3. The van der Waals surface area contributed by atoms with E-state index in [0.717, 1.165) is 0 Å². The molecule has 0 radical (unpaired) electrons. The number of primary amides is 1. The van der Waals surface area contributed by atoms with Gasteiger partial charge in [0.15, 0.2) is 0 Å². The van der Waals surface area contributed by atoms with Crippen LogP contribution >= 0.6 is 0 Å². The van der Waals surface area contributed by atoms with Crippen molar-refractivity contribution in [3.8, 4) is 0 Å². The second-order valence-corrected chi connectivity index (χ2v) is 4.42. The predicted octanol–water partition coefficient (Wildman–Crippen LogP) is 1.84. The van der Waals surface area contributed by atoms with Crippen molar-refractivity contribution in [2.75, 3.05) is 5.32 Å². The number of hydrogen-bond acceptors (Lipinski definition) is 3. The largest absolute Gasteiger partial charge is 0.480 e. The number of aliphatic carboxylic acids is 1. The van der Waals surface area contributed by atoms with Crippen molar-refractivity contribution >= 4 is 17.6 Å². The van der Waals surface area contributed by atoms with E-state index in [1.165, 1.54) is 0 Å². The van der Waals surface area contributed by atoms with Gasteiger partial charge in [0, 0.05) is 5.69 Å². The maximum Gasteiger partial charge on any atom is 0.329 e. The van der Waals surface area contributed by atoms with Gasteiger partial charge in [0.05, 0.1) is 5.56 Å². The Balaban J connectivity index is 3.08. The van der Waals surface area contributed by atoms with Crippen molar-refractivity contribution in [3.05, 3.63) is 29.8 Å². The molecule has 0 saturated heterocycles. The molecule has 0 aliphatic rings. The van der Waals surface area contributed by atoms with Crippen molar-refractivity contribution in [3.63, 3.8) is 0 Å². The lowest BCUT2D eigenvalue weighted by Gasteiger charge is -2.27. The van der Waals surface area contributed by atoms with Gasteiger partial charge in [0.2, 0.25) is 0 Å². The number of nitrogens with two attached hydrogens (primary N) is 1. The summed E-state index contributed by atoms with van der Waals surface area (Å²) >= 11 is 0. The first kappa shape index (κ1) is 14.0. The van der Waals surface area contributed by atoms with Gasteiger partial charge in [-0.1, -0.05) is 25.5 Å². The SMILES string of the molecule is CCCC(C)(Nc1ccccc1C(N)=O)C(=O)O. The summed E-state index contributed by atoms with van der Waals surface area (Å²) in [5.74, 6) is -1.54. The molecule has 4 N–H and O–H groups in total. The number of carboxylic acid groups (broad SMARTS) is 1. The van der Waals surface area contributed by atoms with Crippen LogP contribution in [0, 0.1) is 0 Å². The monoisotopic (exact) mass is 250 g/mol. The van der Waals surface area contributed by atoms with Gasteiger partial charge in [0.25, 0.3) is 5.91 Å². The van der Waals surface area contributed by atoms with Crippen LogP contribution in [0.5, 0.6) is 0 Å². The topological polar surface area (TPSA) is 92.4 Å². The van der Waals surface area contributed by atoms with Crippen molar-refractivity contribution in [1.82, 2.24) is 0 Å². The van der Waals surface area contributed by atoms with Crippen LogP contribution < -0.4 is 11.1 Å². The Kier molecular flexibility index (Phi) is 4.31. The van der Waals surface area contributed by atoms with Crippen molar-refractivity contribution in [1.29, 1.82) is 0 Å². The summed E-state index contributed by atoms with van der Waals surface area (Å²) in [6, 6.07) is 6.63. The highest BCUT2D eigenvalue weighted by Gasteiger charge is 2.32. The Morgan fingerprint density at radius 1 is 1.39 bits per heavy atom. The Morgan fingerprint density at radius 3 is 2.50 bits per heavy atom. The van der Waals surface area contributed by atoms with E-state index < -0.39 is 17.4 Å². The van der Waals surface area contributed by atoms with Crippen LogP contribution in [-0.4, -0.2) is 22.5 Å². The van der Waals surface area contributed by atoms with E-state index in [1.807, 2.05) is 6.92 Å². The highest BCUT2D eigenvalue weighted by molar-refractivity contribution is 5.99. The first-order chi connectivity index (χ1) is 8.40. The molecule has 0 aliphatic heterocycles. The number of anilines is 1. The summed E-state index contributed by atoms with van der Waals surface area (Å²) in [5.41, 5.74) is 4.89. The molecule has 5 nitrogen and oxygen atoms in total. The first-order valence-corrected chi connectivity index (χ1v) is 5.81. The second kappa shape index (κ2) is 5.53. The number of carbonyl (C=O) groups excluding carboxylic acids is 1. The minimum absolute atomic E-state index is 0.293. The van der Waals surface area contributed by atoms with Gasteiger partial charge < -0.3 is 16.2 Å². The number of para-hydroxylation sites is 1. The third-order valence-corrected chi connectivity index (χ3v) is 2.83. The molecule has 98 valence electrons. The van der Waals surface area contributed by atoms with E-state index in [1.54, 1.807) is 31.2 Å². The van der Waals surface area contributed by atoms with Gasteiger partial charge >= 0.3 is 5.97 Å². The fourth-order valence-corrected chi connectivity index (χ4v) is 1.83. The fourth-order valence-electron chi connectivity index (χ4n) is 1.83. The molecule has 18 heavy (non-hydrogen) atoms. The van der Waals surface area contributed by atoms with E-state index in [9.17, 15) is 14.7 Å². The lowest BCUT2D eigenvalue weighted by atomic mass is 9.95. The van der Waals surface area contributed by atoms with Crippen molar-refractivity contribution < 1.29 is 14.7 Å². The summed E-state index contributed by atoms with van der Waals surface area (Å²) in [7, 11) is 0.